The predicted octanol–water partition coefficient (Wildman–Crippen LogP) is 1.39. The molecule has 0 aliphatic heterocycles. The van der Waals surface area contributed by atoms with E-state index in [4.69, 9.17) is 5.73 Å². The smallest absolute Gasteiger partial charge is 0.240 e. The lowest BCUT2D eigenvalue weighted by molar-refractivity contribution is 0.574. The highest BCUT2D eigenvalue weighted by Gasteiger charge is 2.33. The van der Waals surface area contributed by atoms with Crippen LogP contribution in [0, 0.1) is 18.8 Å². The summed E-state index contributed by atoms with van der Waals surface area (Å²) in [6.07, 6.45) is 1.12. The Hall–Kier alpha value is -0.910. The van der Waals surface area contributed by atoms with Crippen molar-refractivity contribution in [1.29, 1.82) is 0 Å². The Balaban J connectivity index is 2.13. The molecule has 100 valence electrons. The van der Waals surface area contributed by atoms with Crippen LogP contribution < -0.4 is 10.5 Å². The first-order chi connectivity index (χ1) is 8.44. The molecular weight excluding hydrogens is 248 g/mol. The molecule has 1 aliphatic rings. The fraction of sp³-hybridized carbons (Fsp3) is 0.538. The normalized spacial score (nSPS) is 23.1. The van der Waals surface area contributed by atoms with Crippen molar-refractivity contribution in [2.24, 2.45) is 17.6 Å². The maximum atomic E-state index is 12.1. The largest absolute Gasteiger partial charge is 0.326 e. The van der Waals surface area contributed by atoms with Gasteiger partial charge in [-0.3, -0.25) is 0 Å². The summed E-state index contributed by atoms with van der Waals surface area (Å²) in [7, 11) is -3.39. The zero-order chi connectivity index (χ0) is 13.3. The van der Waals surface area contributed by atoms with E-state index in [1.165, 1.54) is 0 Å². The molecule has 1 aliphatic carbocycles. The summed E-state index contributed by atoms with van der Waals surface area (Å²) in [4.78, 5) is 0.355. The van der Waals surface area contributed by atoms with Gasteiger partial charge in [-0.15, -0.1) is 0 Å². The molecule has 2 atom stereocenters. The monoisotopic (exact) mass is 268 g/mol. The Morgan fingerprint density at radius 1 is 1.44 bits per heavy atom. The van der Waals surface area contributed by atoms with Gasteiger partial charge in [0.1, 0.15) is 0 Å². The average molecular weight is 268 g/mol. The molecule has 1 saturated carbocycles. The molecule has 4 nitrogen and oxygen atoms in total. The van der Waals surface area contributed by atoms with Gasteiger partial charge in [0.15, 0.2) is 0 Å². The number of hydrogen-bond acceptors (Lipinski definition) is 3. The van der Waals surface area contributed by atoms with Gasteiger partial charge in [0.05, 0.1) is 4.90 Å². The third kappa shape index (κ3) is 2.91. The first kappa shape index (κ1) is 13.5. The van der Waals surface area contributed by atoms with E-state index in [2.05, 4.69) is 11.6 Å². The van der Waals surface area contributed by atoms with Crippen LogP contribution in [-0.4, -0.2) is 15.0 Å². The molecule has 0 bridgehead atoms. The lowest BCUT2D eigenvalue weighted by atomic mass is 10.1. The van der Waals surface area contributed by atoms with Crippen LogP contribution in [-0.2, 0) is 16.6 Å². The van der Waals surface area contributed by atoms with Crippen LogP contribution in [0.3, 0.4) is 0 Å². The maximum Gasteiger partial charge on any atom is 0.240 e. The van der Waals surface area contributed by atoms with Crippen LogP contribution in [0.5, 0.6) is 0 Å². The molecule has 0 saturated heterocycles. The SMILES string of the molecule is Cc1cc(CN)ccc1S(=O)(=O)NCC1CC1C. The van der Waals surface area contributed by atoms with Crippen LogP contribution in [0.1, 0.15) is 24.5 Å². The van der Waals surface area contributed by atoms with Gasteiger partial charge < -0.3 is 5.73 Å². The lowest BCUT2D eigenvalue weighted by Gasteiger charge is -2.10. The van der Waals surface area contributed by atoms with E-state index in [1.54, 1.807) is 19.1 Å². The summed E-state index contributed by atoms with van der Waals surface area (Å²) in [6.45, 7) is 4.91. The molecule has 0 heterocycles. The third-order valence-electron chi connectivity index (χ3n) is 3.58. The molecule has 3 N–H and O–H groups in total. The molecule has 2 unspecified atom stereocenters. The zero-order valence-electron chi connectivity index (χ0n) is 10.8. The summed E-state index contributed by atoms with van der Waals surface area (Å²) >= 11 is 0. The molecule has 5 heteroatoms. The van der Waals surface area contributed by atoms with Crippen molar-refractivity contribution in [3.63, 3.8) is 0 Å². The van der Waals surface area contributed by atoms with Crippen molar-refractivity contribution >= 4 is 10.0 Å². The van der Waals surface area contributed by atoms with Crippen LogP contribution in [0.15, 0.2) is 23.1 Å². The van der Waals surface area contributed by atoms with Crippen LogP contribution in [0.4, 0.5) is 0 Å². The van der Waals surface area contributed by atoms with Crippen molar-refractivity contribution in [2.75, 3.05) is 6.54 Å². The lowest BCUT2D eigenvalue weighted by Crippen LogP contribution is -2.26. The quantitative estimate of drug-likeness (QED) is 0.847. The van der Waals surface area contributed by atoms with Crippen LogP contribution in [0.25, 0.3) is 0 Å². The highest BCUT2D eigenvalue weighted by Crippen LogP contribution is 2.37. The summed E-state index contributed by atoms with van der Waals surface area (Å²) in [5, 5.41) is 0. The van der Waals surface area contributed by atoms with Gasteiger partial charge in [-0.1, -0.05) is 19.1 Å². The second-order valence-electron chi connectivity index (χ2n) is 5.13. The highest BCUT2D eigenvalue weighted by molar-refractivity contribution is 7.89. The van der Waals surface area contributed by atoms with Gasteiger partial charge in [0, 0.05) is 13.1 Å². The van der Waals surface area contributed by atoms with E-state index in [9.17, 15) is 8.42 Å². The number of hydrogen-bond donors (Lipinski definition) is 2. The number of rotatable bonds is 5. The Kier molecular flexibility index (Phi) is 3.75. The third-order valence-corrected chi connectivity index (χ3v) is 5.16. The summed E-state index contributed by atoms with van der Waals surface area (Å²) < 4.78 is 27.0. The van der Waals surface area contributed by atoms with E-state index in [-0.39, 0.29) is 0 Å². The number of aryl methyl sites for hydroxylation is 1. The molecule has 0 aromatic heterocycles. The van der Waals surface area contributed by atoms with Crippen molar-refractivity contribution in [3.8, 4) is 0 Å². The predicted molar refractivity (Wildman–Crippen MR) is 71.5 cm³/mol. The molecule has 1 fully saturated rings. The van der Waals surface area contributed by atoms with Crippen LogP contribution in [0.2, 0.25) is 0 Å². The Bertz CT molecular complexity index is 540. The zero-order valence-corrected chi connectivity index (χ0v) is 11.6. The summed E-state index contributed by atoms with van der Waals surface area (Å²) in [5.74, 6) is 1.15. The molecular formula is C13H20N2O2S. The molecule has 0 amide bonds. The fourth-order valence-corrected chi connectivity index (χ4v) is 3.44. The van der Waals surface area contributed by atoms with Crippen LogP contribution >= 0.6 is 0 Å². The minimum atomic E-state index is -3.39. The molecule has 18 heavy (non-hydrogen) atoms. The number of nitrogens with two attached hydrogens (primary N) is 1. The fourth-order valence-electron chi connectivity index (χ4n) is 2.12. The van der Waals surface area contributed by atoms with Crippen molar-refractivity contribution in [2.45, 2.75) is 31.7 Å². The van der Waals surface area contributed by atoms with Gasteiger partial charge in [0.2, 0.25) is 10.0 Å². The number of nitrogens with one attached hydrogen (secondary N) is 1. The minimum Gasteiger partial charge on any atom is -0.326 e. The number of sulfonamides is 1. The van der Waals surface area contributed by atoms with E-state index in [0.29, 0.717) is 29.8 Å². The minimum absolute atomic E-state index is 0.355. The highest BCUT2D eigenvalue weighted by atomic mass is 32.2. The maximum absolute atomic E-state index is 12.1. The molecule has 2 rings (SSSR count). The summed E-state index contributed by atoms with van der Waals surface area (Å²) in [6, 6.07) is 5.23. The Morgan fingerprint density at radius 2 is 2.11 bits per heavy atom. The standard InChI is InChI=1S/C13H20N2O2S/c1-9-6-12(9)8-15-18(16,17)13-4-3-11(7-14)5-10(13)2/h3-5,9,12,15H,6-8,14H2,1-2H3. The van der Waals surface area contributed by atoms with E-state index in [1.807, 2.05) is 6.07 Å². The molecule has 0 spiro atoms. The molecule has 1 aromatic carbocycles. The summed E-state index contributed by atoms with van der Waals surface area (Å²) in [5.41, 5.74) is 7.23. The van der Waals surface area contributed by atoms with E-state index < -0.39 is 10.0 Å². The Labute approximate surface area is 109 Å². The Morgan fingerprint density at radius 3 is 2.61 bits per heavy atom. The topological polar surface area (TPSA) is 72.2 Å². The van der Waals surface area contributed by atoms with Gasteiger partial charge >= 0.3 is 0 Å². The van der Waals surface area contributed by atoms with Gasteiger partial charge in [-0.2, -0.15) is 0 Å². The second kappa shape index (κ2) is 4.99. The van der Waals surface area contributed by atoms with E-state index >= 15 is 0 Å². The van der Waals surface area contributed by atoms with Crippen molar-refractivity contribution in [1.82, 2.24) is 4.72 Å². The van der Waals surface area contributed by atoms with E-state index in [0.717, 1.165) is 17.5 Å². The second-order valence-corrected chi connectivity index (χ2v) is 6.86. The van der Waals surface area contributed by atoms with Gasteiger partial charge in [-0.05, 0) is 42.4 Å². The number of benzene rings is 1. The van der Waals surface area contributed by atoms with Gasteiger partial charge in [0.25, 0.3) is 0 Å². The average Bonchev–Trinajstić information content (AvgIpc) is 3.02. The van der Waals surface area contributed by atoms with Crippen molar-refractivity contribution < 1.29 is 8.42 Å². The first-order valence-corrected chi connectivity index (χ1v) is 7.71. The molecule has 0 radical (unpaired) electrons. The van der Waals surface area contributed by atoms with Crippen molar-refractivity contribution in [3.05, 3.63) is 29.3 Å². The molecule has 1 aromatic rings. The van der Waals surface area contributed by atoms with Gasteiger partial charge in [-0.25, -0.2) is 13.1 Å². The first-order valence-electron chi connectivity index (χ1n) is 6.23.